The summed E-state index contributed by atoms with van der Waals surface area (Å²) in [5.41, 5.74) is 4.96. The predicted molar refractivity (Wildman–Crippen MR) is 55.2 cm³/mol. The molecule has 0 bridgehead atoms. The molecule has 14 heavy (non-hydrogen) atoms. The zero-order valence-electron chi connectivity index (χ0n) is 9.37. The third kappa shape index (κ3) is 3.35. The molecule has 0 saturated heterocycles. The minimum Gasteiger partial charge on any atom is -0.344 e. The molecule has 2 N–H and O–H groups in total. The molecule has 4 heteroatoms. The first-order valence-electron chi connectivity index (χ1n) is 4.70. The second kappa shape index (κ2) is 4.97. The largest absolute Gasteiger partial charge is 0.344 e. The molecular formula is C10H19N3O. The first kappa shape index (κ1) is 12.9. The highest BCUT2D eigenvalue weighted by atomic mass is 16.2. The van der Waals surface area contributed by atoms with Gasteiger partial charge in [0, 0.05) is 20.1 Å². The molecule has 1 amide bonds. The predicted octanol–water partition coefficient (Wildman–Crippen LogP) is 0.589. The smallest absolute Gasteiger partial charge is 0.229 e. The molecule has 0 heterocycles. The van der Waals surface area contributed by atoms with E-state index in [1.165, 1.54) is 0 Å². The number of rotatable bonds is 4. The van der Waals surface area contributed by atoms with Crippen molar-refractivity contribution in [2.24, 2.45) is 17.1 Å². The van der Waals surface area contributed by atoms with Crippen LogP contribution in [0.4, 0.5) is 0 Å². The van der Waals surface area contributed by atoms with E-state index in [4.69, 9.17) is 11.0 Å². The summed E-state index contributed by atoms with van der Waals surface area (Å²) in [5, 5.41) is 8.61. The third-order valence-electron chi connectivity index (χ3n) is 2.20. The lowest BCUT2D eigenvalue weighted by Gasteiger charge is -2.28. The summed E-state index contributed by atoms with van der Waals surface area (Å²) in [6.07, 6.45) is 0. The van der Waals surface area contributed by atoms with Crippen LogP contribution in [-0.4, -0.2) is 30.9 Å². The Hall–Kier alpha value is -1.08. The van der Waals surface area contributed by atoms with E-state index in [2.05, 4.69) is 6.07 Å². The van der Waals surface area contributed by atoms with Crippen molar-refractivity contribution in [2.45, 2.75) is 20.8 Å². The Kier molecular flexibility index (Phi) is 4.58. The lowest BCUT2D eigenvalue weighted by Crippen LogP contribution is -2.44. The number of hydrogen-bond donors (Lipinski definition) is 1. The van der Waals surface area contributed by atoms with Gasteiger partial charge in [-0.05, 0) is 20.8 Å². The van der Waals surface area contributed by atoms with Crippen molar-refractivity contribution >= 4 is 5.91 Å². The van der Waals surface area contributed by atoms with Gasteiger partial charge in [0.25, 0.3) is 0 Å². The molecular weight excluding hydrogens is 178 g/mol. The summed E-state index contributed by atoms with van der Waals surface area (Å²) in [4.78, 5) is 13.4. The molecule has 0 aliphatic rings. The van der Waals surface area contributed by atoms with Gasteiger partial charge in [-0.15, -0.1) is 0 Å². The van der Waals surface area contributed by atoms with Crippen LogP contribution in [0.2, 0.25) is 0 Å². The first-order chi connectivity index (χ1) is 6.35. The molecule has 0 aliphatic heterocycles. The maximum absolute atomic E-state index is 11.8. The highest BCUT2D eigenvalue weighted by Crippen LogP contribution is 2.16. The number of nitrogens with two attached hydrogens (primary N) is 1. The minimum atomic E-state index is -0.538. The van der Waals surface area contributed by atoms with Crippen molar-refractivity contribution in [3.8, 4) is 6.07 Å². The molecule has 1 atom stereocenters. The molecule has 0 spiro atoms. The Labute approximate surface area is 85.7 Å². The van der Waals surface area contributed by atoms with Crippen molar-refractivity contribution in [1.29, 1.82) is 5.26 Å². The van der Waals surface area contributed by atoms with Crippen molar-refractivity contribution in [3.63, 3.8) is 0 Å². The molecule has 4 nitrogen and oxygen atoms in total. The van der Waals surface area contributed by atoms with E-state index in [0.717, 1.165) is 0 Å². The van der Waals surface area contributed by atoms with Crippen LogP contribution in [-0.2, 0) is 4.79 Å². The van der Waals surface area contributed by atoms with Crippen LogP contribution in [0, 0.1) is 22.7 Å². The van der Waals surface area contributed by atoms with Crippen LogP contribution in [0.15, 0.2) is 0 Å². The average Bonchev–Trinajstić information content (AvgIpc) is 2.16. The fourth-order valence-corrected chi connectivity index (χ4v) is 1.14. The van der Waals surface area contributed by atoms with E-state index in [1.54, 1.807) is 18.9 Å². The number of hydrogen-bond acceptors (Lipinski definition) is 3. The quantitative estimate of drug-likeness (QED) is 0.717. The number of nitrogens with zero attached hydrogens (tertiary/aromatic N) is 2. The molecule has 0 aromatic carbocycles. The zero-order chi connectivity index (χ0) is 11.4. The molecule has 1 unspecified atom stereocenters. The second-order valence-electron chi connectivity index (χ2n) is 4.30. The highest BCUT2D eigenvalue weighted by molar-refractivity contribution is 5.82. The number of amides is 1. The highest BCUT2D eigenvalue weighted by Gasteiger charge is 2.29. The molecule has 0 fully saturated rings. The summed E-state index contributed by atoms with van der Waals surface area (Å²) in [6, 6.07) is 2.10. The maximum atomic E-state index is 11.8. The van der Waals surface area contributed by atoms with Gasteiger partial charge in [0.05, 0.1) is 17.4 Å². The van der Waals surface area contributed by atoms with Crippen LogP contribution >= 0.6 is 0 Å². The van der Waals surface area contributed by atoms with Crippen molar-refractivity contribution in [2.75, 3.05) is 20.1 Å². The zero-order valence-corrected chi connectivity index (χ0v) is 9.37. The molecule has 0 saturated carbocycles. The Bertz CT molecular complexity index is 242. The van der Waals surface area contributed by atoms with E-state index in [1.807, 2.05) is 13.8 Å². The standard InChI is InChI=1S/C10H19N3O/c1-8(5-11)6-13(4)9(14)10(2,3)7-12/h8H,6-7,12H2,1-4H3. The van der Waals surface area contributed by atoms with Crippen molar-refractivity contribution in [3.05, 3.63) is 0 Å². The molecule has 0 rings (SSSR count). The van der Waals surface area contributed by atoms with Crippen LogP contribution in [0.1, 0.15) is 20.8 Å². The van der Waals surface area contributed by atoms with Crippen LogP contribution in [0.5, 0.6) is 0 Å². The third-order valence-corrected chi connectivity index (χ3v) is 2.20. The van der Waals surface area contributed by atoms with Gasteiger partial charge in [0.1, 0.15) is 0 Å². The van der Waals surface area contributed by atoms with Gasteiger partial charge >= 0.3 is 0 Å². The fraction of sp³-hybridized carbons (Fsp3) is 0.800. The summed E-state index contributed by atoms with van der Waals surface area (Å²) >= 11 is 0. The van der Waals surface area contributed by atoms with Gasteiger partial charge in [-0.1, -0.05) is 0 Å². The lowest BCUT2D eigenvalue weighted by atomic mass is 9.92. The van der Waals surface area contributed by atoms with Crippen LogP contribution < -0.4 is 5.73 Å². The summed E-state index contributed by atoms with van der Waals surface area (Å²) in [5.74, 6) is -0.153. The Morgan fingerprint density at radius 3 is 2.50 bits per heavy atom. The van der Waals surface area contributed by atoms with Gasteiger partial charge in [0.15, 0.2) is 0 Å². The second-order valence-corrected chi connectivity index (χ2v) is 4.30. The summed E-state index contributed by atoms with van der Waals surface area (Å²) in [6.45, 7) is 6.18. The first-order valence-corrected chi connectivity index (χ1v) is 4.70. The molecule has 0 aromatic rings. The molecule has 80 valence electrons. The SMILES string of the molecule is CC(C#N)CN(C)C(=O)C(C)(C)CN. The fourth-order valence-electron chi connectivity index (χ4n) is 1.14. The van der Waals surface area contributed by atoms with Gasteiger partial charge in [0.2, 0.25) is 5.91 Å². The van der Waals surface area contributed by atoms with Crippen LogP contribution in [0.3, 0.4) is 0 Å². The van der Waals surface area contributed by atoms with E-state index in [0.29, 0.717) is 13.1 Å². The van der Waals surface area contributed by atoms with Gasteiger partial charge in [-0.3, -0.25) is 4.79 Å². The normalized spacial score (nSPS) is 13.1. The van der Waals surface area contributed by atoms with E-state index < -0.39 is 5.41 Å². The Morgan fingerprint density at radius 1 is 1.64 bits per heavy atom. The average molecular weight is 197 g/mol. The van der Waals surface area contributed by atoms with Gasteiger partial charge < -0.3 is 10.6 Å². The van der Waals surface area contributed by atoms with E-state index in [-0.39, 0.29) is 11.8 Å². The molecule has 0 radical (unpaired) electrons. The van der Waals surface area contributed by atoms with Crippen LogP contribution in [0.25, 0.3) is 0 Å². The van der Waals surface area contributed by atoms with Crippen molar-refractivity contribution in [1.82, 2.24) is 4.90 Å². The minimum absolute atomic E-state index is 0.0119. The lowest BCUT2D eigenvalue weighted by molar-refractivity contribution is -0.138. The number of nitriles is 1. The topological polar surface area (TPSA) is 70.1 Å². The van der Waals surface area contributed by atoms with Crippen molar-refractivity contribution < 1.29 is 4.79 Å². The maximum Gasteiger partial charge on any atom is 0.229 e. The molecule has 0 aromatic heterocycles. The van der Waals surface area contributed by atoms with E-state index >= 15 is 0 Å². The summed E-state index contributed by atoms with van der Waals surface area (Å²) in [7, 11) is 1.70. The number of carbonyl (C=O) groups excluding carboxylic acids is 1. The van der Waals surface area contributed by atoms with E-state index in [9.17, 15) is 4.79 Å². The number of carbonyl (C=O) groups is 1. The monoisotopic (exact) mass is 197 g/mol. The van der Waals surface area contributed by atoms with Gasteiger partial charge in [-0.25, -0.2) is 0 Å². The molecule has 0 aliphatic carbocycles. The Morgan fingerprint density at radius 2 is 2.14 bits per heavy atom. The van der Waals surface area contributed by atoms with Gasteiger partial charge in [-0.2, -0.15) is 5.26 Å². The summed E-state index contributed by atoms with van der Waals surface area (Å²) < 4.78 is 0. The Balaban J connectivity index is 4.34.